The van der Waals surface area contributed by atoms with Gasteiger partial charge in [0.25, 0.3) is 0 Å². The second-order valence-electron chi connectivity index (χ2n) is 5.16. The summed E-state index contributed by atoms with van der Waals surface area (Å²) in [4.78, 5) is 25.2. The minimum Gasteiger partial charge on any atom is -0.334 e. The Morgan fingerprint density at radius 1 is 1.29 bits per heavy atom. The average Bonchev–Trinajstić information content (AvgIpc) is 2.42. The Hall–Kier alpha value is -1.55. The van der Waals surface area contributed by atoms with Crippen molar-refractivity contribution in [2.24, 2.45) is 0 Å². The Kier molecular flexibility index (Phi) is 7.23. The molecule has 1 aromatic rings. The maximum atomic E-state index is 12.1. The van der Waals surface area contributed by atoms with Crippen molar-refractivity contribution < 1.29 is 9.59 Å². The molecule has 0 radical (unpaired) electrons. The monoisotopic (exact) mass is 310 g/mol. The molecule has 4 nitrogen and oxygen atoms in total. The van der Waals surface area contributed by atoms with Crippen LogP contribution in [0.5, 0.6) is 0 Å². The maximum absolute atomic E-state index is 12.1. The number of carbonyl (C=O) groups excluding carboxylic acids is 2. The fourth-order valence-electron chi connectivity index (χ4n) is 1.99. The van der Waals surface area contributed by atoms with Crippen LogP contribution in [0.2, 0.25) is 5.02 Å². The van der Waals surface area contributed by atoms with Crippen molar-refractivity contribution in [2.75, 3.05) is 18.4 Å². The number of nitrogens with zero attached hydrogens (tertiary/aromatic N) is 1. The van der Waals surface area contributed by atoms with Crippen molar-refractivity contribution in [3.05, 3.63) is 28.8 Å². The molecule has 1 aromatic carbocycles. The molecule has 0 aliphatic carbocycles. The van der Waals surface area contributed by atoms with Gasteiger partial charge in [-0.25, -0.2) is 0 Å². The molecule has 21 heavy (non-hydrogen) atoms. The zero-order valence-corrected chi connectivity index (χ0v) is 13.7. The first-order valence-electron chi connectivity index (χ1n) is 7.25. The largest absolute Gasteiger partial charge is 0.334 e. The van der Waals surface area contributed by atoms with E-state index in [4.69, 9.17) is 11.6 Å². The molecule has 1 rings (SSSR count). The third-order valence-corrected chi connectivity index (χ3v) is 3.52. The predicted molar refractivity (Wildman–Crippen MR) is 86.6 cm³/mol. The van der Waals surface area contributed by atoms with E-state index in [1.54, 1.807) is 17.0 Å². The summed E-state index contributed by atoms with van der Waals surface area (Å²) in [5, 5.41) is 3.38. The number of unbranched alkanes of at least 4 members (excludes halogenated alkanes) is 2. The first-order chi connectivity index (χ1) is 9.93. The van der Waals surface area contributed by atoms with Crippen LogP contribution in [0.15, 0.2) is 18.2 Å². The van der Waals surface area contributed by atoms with Gasteiger partial charge in [0.2, 0.25) is 11.8 Å². The number of benzene rings is 1. The highest BCUT2D eigenvalue weighted by Gasteiger charge is 2.14. The molecule has 0 atom stereocenters. The molecule has 0 fully saturated rings. The molecule has 0 unspecified atom stereocenters. The topological polar surface area (TPSA) is 49.4 Å². The van der Waals surface area contributed by atoms with E-state index in [0.29, 0.717) is 17.3 Å². The van der Waals surface area contributed by atoms with Crippen LogP contribution in [0.4, 0.5) is 5.69 Å². The van der Waals surface area contributed by atoms with Crippen molar-refractivity contribution in [1.82, 2.24) is 4.90 Å². The third-order valence-electron chi connectivity index (χ3n) is 3.29. The van der Waals surface area contributed by atoms with Gasteiger partial charge in [0.15, 0.2) is 0 Å². The minimum absolute atomic E-state index is 0.0744. The fourth-order valence-corrected chi connectivity index (χ4v) is 2.16. The molecule has 0 spiro atoms. The molecule has 0 aliphatic rings. The lowest BCUT2D eigenvalue weighted by Gasteiger charge is -2.20. The van der Waals surface area contributed by atoms with Crippen molar-refractivity contribution >= 4 is 29.1 Å². The molecular weight excluding hydrogens is 288 g/mol. The van der Waals surface area contributed by atoms with Crippen LogP contribution in [0.25, 0.3) is 0 Å². The Morgan fingerprint density at radius 3 is 2.62 bits per heavy atom. The highest BCUT2D eigenvalue weighted by Crippen LogP contribution is 2.20. The number of halogens is 1. The molecule has 0 aromatic heterocycles. The van der Waals surface area contributed by atoms with Crippen LogP contribution in [0.3, 0.4) is 0 Å². The second kappa shape index (κ2) is 8.67. The summed E-state index contributed by atoms with van der Waals surface area (Å²) in [7, 11) is 0. The first kappa shape index (κ1) is 17.5. The van der Waals surface area contributed by atoms with E-state index < -0.39 is 0 Å². The Balaban J connectivity index is 2.61. The van der Waals surface area contributed by atoms with Crippen LogP contribution in [0, 0.1) is 6.92 Å². The summed E-state index contributed by atoms with van der Waals surface area (Å²) >= 11 is 5.93. The van der Waals surface area contributed by atoms with Gasteiger partial charge in [-0.3, -0.25) is 9.59 Å². The van der Waals surface area contributed by atoms with Crippen molar-refractivity contribution in [3.8, 4) is 0 Å². The average molecular weight is 311 g/mol. The number of hydrogen-bond acceptors (Lipinski definition) is 2. The molecule has 0 aliphatic heterocycles. The third kappa shape index (κ3) is 6.17. The number of carbonyl (C=O) groups is 2. The van der Waals surface area contributed by atoms with Gasteiger partial charge in [0.1, 0.15) is 0 Å². The molecule has 2 amide bonds. The predicted octanol–water partition coefficient (Wildman–Crippen LogP) is 3.63. The highest BCUT2D eigenvalue weighted by molar-refractivity contribution is 6.31. The molecule has 0 bridgehead atoms. The van der Waals surface area contributed by atoms with Gasteiger partial charge < -0.3 is 10.2 Å². The Bertz CT molecular complexity index is 503. The van der Waals surface area contributed by atoms with Crippen LogP contribution in [0.1, 0.15) is 38.7 Å². The van der Waals surface area contributed by atoms with E-state index in [9.17, 15) is 9.59 Å². The molecule has 0 saturated heterocycles. The fraction of sp³-hybridized carbons (Fsp3) is 0.500. The molecule has 116 valence electrons. The van der Waals surface area contributed by atoms with Gasteiger partial charge in [-0.05, 0) is 31.0 Å². The quantitative estimate of drug-likeness (QED) is 0.782. The van der Waals surface area contributed by atoms with Gasteiger partial charge in [-0.1, -0.05) is 37.4 Å². The standard InChI is InChI=1S/C16H23ClN2O2/c1-4-5-6-9-19(13(3)20)11-16(21)18-15-10-14(17)8-7-12(15)2/h7-8,10H,4-6,9,11H2,1-3H3,(H,18,21). The van der Waals surface area contributed by atoms with E-state index in [2.05, 4.69) is 12.2 Å². The van der Waals surface area contributed by atoms with Crippen LogP contribution in [-0.4, -0.2) is 29.8 Å². The number of nitrogens with one attached hydrogen (secondary N) is 1. The molecular formula is C16H23ClN2O2. The number of hydrogen-bond donors (Lipinski definition) is 1. The number of aryl methyl sites for hydroxylation is 1. The minimum atomic E-state index is -0.202. The Morgan fingerprint density at radius 2 is 2.00 bits per heavy atom. The van der Waals surface area contributed by atoms with Crippen LogP contribution < -0.4 is 5.32 Å². The van der Waals surface area contributed by atoms with Crippen LogP contribution >= 0.6 is 11.6 Å². The lowest BCUT2D eigenvalue weighted by Crippen LogP contribution is -2.37. The normalized spacial score (nSPS) is 10.3. The van der Waals surface area contributed by atoms with Crippen molar-refractivity contribution in [2.45, 2.75) is 40.0 Å². The zero-order valence-electron chi connectivity index (χ0n) is 12.9. The number of amides is 2. The van der Waals surface area contributed by atoms with Crippen molar-refractivity contribution in [1.29, 1.82) is 0 Å². The van der Waals surface area contributed by atoms with Gasteiger partial charge >= 0.3 is 0 Å². The van der Waals surface area contributed by atoms with Gasteiger partial charge in [0.05, 0.1) is 6.54 Å². The molecule has 0 heterocycles. The summed E-state index contributed by atoms with van der Waals surface area (Å²) in [5.41, 5.74) is 1.62. The van der Waals surface area contributed by atoms with E-state index in [1.807, 2.05) is 13.0 Å². The summed E-state index contributed by atoms with van der Waals surface area (Å²) in [6.45, 7) is 6.18. The van der Waals surface area contributed by atoms with E-state index in [0.717, 1.165) is 24.8 Å². The lowest BCUT2D eigenvalue weighted by molar-refractivity contribution is -0.132. The summed E-state index contributed by atoms with van der Waals surface area (Å²) in [5.74, 6) is -0.281. The highest BCUT2D eigenvalue weighted by atomic mass is 35.5. The molecule has 0 saturated carbocycles. The van der Waals surface area contributed by atoms with Gasteiger partial charge in [-0.2, -0.15) is 0 Å². The van der Waals surface area contributed by atoms with Crippen molar-refractivity contribution in [3.63, 3.8) is 0 Å². The van der Waals surface area contributed by atoms with E-state index in [1.165, 1.54) is 6.92 Å². The summed E-state index contributed by atoms with van der Waals surface area (Å²) in [6.07, 6.45) is 3.05. The smallest absolute Gasteiger partial charge is 0.244 e. The lowest BCUT2D eigenvalue weighted by atomic mass is 10.2. The molecule has 5 heteroatoms. The summed E-state index contributed by atoms with van der Waals surface area (Å²) < 4.78 is 0. The Labute approximate surface area is 131 Å². The second-order valence-corrected chi connectivity index (χ2v) is 5.59. The maximum Gasteiger partial charge on any atom is 0.244 e. The first-order valence-corrected chi connectivity index (χ1v) is 7.63. The number of rotatable bonds is 7. The molecule has 1 N–H and O–H groups in total. The SMILES string of the molecule is CCCCCN(CC(=O)Nc1cc(Cl)ccc1C)C(C)=O. The zero-order chi connectivity index (χ0) is 15.8. The number of anilines is 1. The van der Waals surface area contributed by atoms with E-state index in [-0.39, 0.29) is 18.4 Å². The van der Waals surface area contributed by atoms with Gasteiger partial charge in [-0.15, -0.1) is 0 Å². The van der Waals surface area contributed by atoms with Crippen LogP contribution in [-0.2, 0) is 9.59 Å². The summed E-state index contributed by atoms with van der Waals surface area (Å²) in [6, 6.07) is 5.34. The van der Waals surface area contributed by atoms with E-state index >= 15 is 0 Å². The van der Waals surface area contributed by atoms with Gasteiger partial charge in [0, 0.05) is 24.2 Å².